The zero-order chi connectivity index (χ0) is 24.2. The molecule has 1 N–H and O–H groups in total. The van der Waals surface area contributed by atoms with E-state index in [2.05, 4.69) is 15.4 Å². The molecule has 2 aromatic heterocycles. The van der Waals surface area contributed by atoms with Crippen LogP contribution in [0.4, 0.5) is 4.39 Å². The average Bonchev–Trinajstić information content (AvgIpc) is 3.35. The Labute approximate surface area is 202 Å². The van der Waals surface area contributed by atoms with Gasteiger partial charge in [0.05, 0.1) is 12.2 Å². The number of benzene rings is 2. The van der Waals surface area contributed by atoms with Gasteiger partial charge in [-0.15, -0.1) is 0 Å². The van der Waals surface area contributed by atoms with Crippen LogP contribution in [0.3, 0.4) is 0 Å². The summed E-state index contributed by atoms with van der Waals surface area (Å²) in [6, 6.07) is 13.6. The number of nitrogens with one attached hydrogen (secondary N) is 1. The third-order valence-electron chi connectivity index (χ3n) is 5.57. The van der Waals surface area contributed by atoms with Crippen molar-refractivity contribution in [3.8, 4) is 0 Å². The van der Waals surface area contributed by atoms with Crippen molar-refractivity contribution in [1.82, 2.24) is 24.6 Å². The first-order valence-electron chi connectivity index (χ1n) is 10.8. The summed E-state index contributed by atoms with van der Waals surface area (Å²) in [7, 11) is 1.84. The second-order valence-corrected chi connectivity index (χ2v) is 8.51. The first kappa shape index (κ1) is 23.4. The van der Waals surface area contributed by atoms with E-state index in [-0.39, 0.29) is 11.7 Å². The van der Waals surface area contributed by atoms with Gasteiger partial charge < -0.3 is 9.88 Å². The van der Waals surface area contributed by atoms with Gasteiger partial charge in [-0.3, -0.25) is 4.79 Å². The van der Waals surface area contributed by atoms with Gasteiger partial charge in [-0.25, -0.2) is 14.1 Å². The molecule has 34 heavy (non-hydrogen) atoms. The minimum absolute atomic E-state index is 0.334. The second kappa shape index (κ2) is 10.1. The average molecular weight is 478 g/mol. The first-order valence-corrected chi connectivity index (χ1v) is 11.2. The van der Waals surface area contributed by atoms with Crippen molar-refractivity contribution in [2.75, 3.05) is 0 Å². The maximum Gasteiger partial charge on any atom is 0.244 e. The van der Waals surface area contributed by atoms with Crippen molar-refractivity contribution >= 4 is 23.6 Å². The summed E-state index contributed by atoms with van der Waals surface area (Å²) < 4.78 is 17.0. The third-order valence-corrected chi connectivity index (χ3v) is 5.97. The molecule has 0 radical (unpaired) electrons. The lowest BCUT2D eigenvalue weighted by molar-refractivity contribution is -0.117. The van der Waals surface area contributed by atoms with Crippen molar-refractivity contribution in [3.63, 3.8) is 0 Å². The largest absolute Gasteiger partial charge is 0.339 e. The van der Waals surface area contributed by atoms with Crippen LogP contribution in [0.2, 0.25) is 5.15 Å². The van der Waals surface area contributed by atoms with E-state index in [4.69, 9.17) is 11.6 Å². The molecule has 0 spiro atoms. The van der Waals surface area contributed by atoms with Gasteiger partial charge in [0.25, 0.3) is 0 Å². The fourth-order valence-electron chi connectivity index (χ4n) is 3.68. The molecule has 0 saturated carbocycles. The van der Waals surface area contributed by atoms with Crippen molar-refractivity contribution in [3.05, 3.63) is 112 Å². The van der Waals surface area contributed by atoms with Crippen LogP contribution in [0.1, 0.15) is 39.8 Å². The maximum atomic E-state index is 13.4. The molecule has 1 unspecified atom stereocenters. The molecule has 174 valence electrons. The van der Waals surface area contributed by atoms with E-state index in [1.165, 1.54) is 23.8 Å². The van der Waals surface area contributed by atoms with Gasteiger partial charge in [0.15, 0.2) is 0 Å². The number of nitrogens with zero attached hydrogens (tertiary/aromatic N) is 4. The van der Waals surface area contributed by atoms with E-state index in [9.17, 15) is 9.18 Å². The summed E-state index contributed by atoms with van der Waals surface area (Å²) in [5, 5.41) is 7.94. The van der Waals surface area contributed by atoms with E-state index >= 15 is 0 Å². The van der Waals surface area contributed by atoms with Crippen LogP contribution in [0, 0.1) is 19.7 Å². The lowest BCUT2D eigenvalue weighted by Crippen LogP contribution is -2.29. The van der Waals surface area contributed by atoms with E-state index in [1.807, 2.05) is 49.7 Å². The van der Waals surface area contributed by atoms with E-state index in [0.717, 1.165) is 16.8 Å². The number of aromatic nitrogens is 4. The Bertz CT molecular complexity index is 1320. The number of imidazole rings is 1. The molecule has 1 atom stereocenters. The normalized spacial score (nSPS) is 12.3. The molecule has 2 heterocycles. The van der Waals surface area contributed by atoms with Gasteiger partial charge in [-0.2, -0.15) is 5.10 Å². The van der Waals surface area contributed by atoms with Crippen LogP contribution < -0.4 is 5.32 Å². The van der Waals surface area contributed by atoms with E-state index in [0.29, 0.717) is 23.1 Å². The van der Waals surface area contributed by atoms with Gasteiger partial charge in [0.1, 0.15) is 22.8 Å². The SMILES string of the molecule is Cc1ccc(Cn2nc(C)c(/C=C/C(=O)NC(c3ccc(F)cc3)c3nccn3C)c2Cl)cc1. The second-order valence-electron chi connectivity index (χ2n) is 8.16. The van der Waals surface area contributed by atoms with Crippen molar-refractivity contribution < 1.29 is 9.18 Å². The molecule has 1 amide bonds. The van der Waals surface area contributed by atoms with Gasteiger partial charge in [-0.05, 0) is 43.2 Å². The molecule has 0 aliphatic carbocycles. The van der Waals surface area contributed by atoms with Crippen molar-refractivity contribution in [2.45, 2.75) is 26.4 Å². The first-order chi connectivity index (χ1) is 16.3. The summed E-state index contributed by atoms with van der Waals surface area (Å²) in [5.41, 5.74) is 4.39. The monoisotopic (exact) mass is 477 g/mol. The number of halogens is 2. The van der Waals surface area contributed by atoms with Crippen LogP contribution >= 0.6 is 11.6 Å². The van der Waals surface area contributed by atoms with Crippen LogP contribution in [0.15, 0.2) is 67.0 Å². The highest BCUT2D eigenvalue weighted by Crippen LogP contribution is 2.24. The molecule has 4 aromatic rings. The van der Waals surface area contributed by atoms with Crippen LogP contribution in [-0.2, 0) is 18.4 Å². The number of hydrogen-bond donors (Lipinski definition) is 1. The quantitative estimate of drug-likeness (QED) is 0.381. The fourth-order valence-corrected chi connectivity index (χ4v) is 3.98. The molecule has 0 aliphatic heterocycles. The molecule has 0 bridgehead atoms. The number of carbonyl (C=O) groups is 1. The summed E-state index contributed by atoms with van der Waals surface area (Å²) in [6.07, 6.45) is 6.52. The lowest BCUT2D eigenvalue weighted by Gasteiger charge is -2.18. The highest BCUT2D eigenvalue weighted by Gasteiger charge is 2.20. The predicted molar refractivity (Wildman–Crippen MR) is 131 cm³/mol. The van der Waals surface area contributed by atoms with E-state index < -0.39 is 6.04 Å². The molecule has 0 fully saturated rings. The molecule has 6 nitrogen and oxygen atoms in total. The summed E-state index contributed by atoms with van der Waals surface area (Å²) in [5.74, 6) is -0.0473. The standard InChI is InChI=1S/C26H25ClFN5O/c1-17-4-6-19(7-5-17)16-33-25(27)22(18(2)31-33)12-13-23(34)30-24(26-29-14-15-32(26)3)20-8-10-21(28)11-9-20/h4-15,24H,16H2,1-3H3,(H,30,34)/b13-12+. The van der Waals surface area contributed by atoms with Gasteiger partial charge >= 0.3 is 0 Å². The Kier molecular flexibility index (Phi) is 6.93. The van der Waals surface area contributed by atoms with Crippen LogP contribution in [0.25, 0.3) is 6.08 Å². The van der Waals surface area contributed by atoms with Crippen molar-refractivity contribution in [2.24, 2.45) is 7.05 Å². The van der Waals surface area contributed by atoms with Gasteiger partial charge in [0.2, 0.25) is 5.91 Å². The van der Waals surface area contributed by atoms with Crippen molar-refractivity contribution in [1.29, 1.82) is 0 Å². The number of rotatable bonds is 7. The Morgan fingerprint density at radius 2 is 1.85 bits per heavy atom. The zero-order valence-corrected chi connectivity index (χ0v) is 19.9. The predicted octanol–water partition coefficient (Wildman–Crippen LogP) is 4.99. The Morgan fingerprint density at radius 3 is 2.50 bits per heavy atom. The minimum Gasteiger partial charge on any atom is -0.339 e. The molecule has 2 aromatic carbocycles. The Morgan fingerprint density at radius 1 is 1.15 bits per heavy atom. The lowest BCUT2D eigenvalue weighted by atomic mass is 10.1. The summed E-state index contributed by atoms with van der Waals surface area (Å²) in [4.78, 5) is 17.2. The number of amides is 1. The Hall–Kier alpha value is -3.71. The molecule has 4 rings (SSSR count). The third kappa shape index (κ3) is 5.26. The van der Waals surface area contributed by atoms with Crippen LogP contribution in [-0.4, -0.2) is 25.2 Å². The van der Waals surface area contributed by atoms with E-state index in [1.54, 1.807) is 35.3 Å². The number of aryl methyl sites for hydroxylation is 3. The summed E-state index contributed by atoms with van der Waals surface area (Å²) >= 11 is 6.58. The smallest absolute Gasteiger partial charge is 0.244 e. The van der Waals surface area contributed by atoms with Gasteiger partial charge in [0, 0.05) is 31.1 Å². The number of hydrogen-bond acceptors (Lipinski definition) is 3. The molecule has 0 aliphatic rings. The maximum absolute atomic E-state index is 13.4. The fraction of sp³-hybridized carbons (Fsp3) is 0.192. The Balaban J connectivity index is 1.53. The highest BCUT2D eigenvalue weighted by molar-refractivity contribution is 6.31. The minimum atomic E-state index is -0.543. The zero-order valence-electron chi connectivity index (χ0n) is 19.2. The molecule has 0 saturated heterocycles. The highest BCUT2D eigenvalue weighted by atomic mass is 35.5. The molecular weight excluding hydrogens is 453 g/mol. The summed E-state index contributed by atoms with van der Waals surface area (Å²) in [6.45, 7) is 4.42. The van der Waals surface area contributed by atoms with Crippen LogP contribution in [0.5, 0.6) is 0 Å². The van der Waals surface area contributed by atoms with Gasteiger partial charge in [-0.1, -0.05) is 53.6 Å². The molecule has 8 heteroatoms. The topological polar surface area (TPSA) is 64.7 Å². The number of carbonyl (C=O) groups excluding carboxylic acids is 1. The molecular formula is C26H25ClFN5O.